The van der Waals surface area contributed by atoms with Crippen LogP contribution >= 0.6 is 0 Å². The van der Waals surface area contributed by atoms with Crippen molar-refractivity contribution >= 4 is 28.2 Å². The van der Waals surface area contributed by atoms with Crippen molar-refractivity contribution in [1.82, 2.24) is 4.98 Å². The normalized spacial score (nSPS) is 10.6. The highest BCUT2D eigenvalue weighted by Crippen LogP contribution is 2.28. The highest BCUT2D eigenvalue weighted by molar-refractivity contribution is 6.06. The minimum Gasteiger partial charge on any atom is -0.478 e. The van der Waals surface area contributed by atoms with Crippen molar-refractivity contribution in [2.75, 3.05) is 5.32 Å². The number of nitrogens with zero attached hydrogens (tertiary/aromatic N) is 1. The molecule has 0 saturated heterocycles. The topological polar surface area (TPSA) is 62.2 Å². The van der Waals surface area contributed by atoms with Gasteiger partial charge < -0.3 is 10.4 Å². The summed E-state index contributed by atoms with van der Waals surface area (Å²) in [4.78, 5) is 15.2. The van der Waals surface area contributed by atoms with Crippen LogP contribution in [-0.2, 0) is 0 Å². The average molecular weight is 300 g/mol. The van der Waals surface area contributed by atoms with E-state index in [0.717, 1.165) is 6.07 Å². The monoisotopic (exact) mass is 300 g/mol. The summed E-state index contributed by atoms with van der Waals surface area (Å²) in [5.41, 5.74) is -0.0263. The van der Waals surface area contributed by atoms with Gasteiger partial charge >= 0.3 is 5.97 Å². The lowest BCUT2D eigenvalue weighted by Gasteiger charge is -2.11. The van der Waals surface area contributed by atoms with E-state index in [1.807, 2.05) is 0 Å². The molecule has 0 saturated carbocycles. The Kier molecular flexibility index (Phi) is 3.42. The SMILES string of the molecule is O=C(O)c1cnc(Nc2cccc(F)c2F)c2ccccc12. The van der Waals surface area contributed by atoms with Gasteiger partial charge in [0.2, 0.25) is 0 Å². The summed E-state index contributed by atoms with van der Waals surface area (Å²) in [5.74, 6) is -2.84. The molecular formula is C16H10F2N2O2. The quantitative estimate of drug-likeness (QED) is 0.768. The lowest BCUT2D eigenvalue weighted by Crippen LogP contribution is -2.03. The Bertz CT molecular complexity index is 881. The molecule has 3 aromatic rings. The van der Waals surface area contributed by atoms with Gasteiger partial charge in [0.05, 0.1) is 11.3 Å². The van der Waals surface area contributed by atoms with Crippen molar-refractivity contribution < 1.29 is 18.7 Å². The highest BCUT2D eigenvalue weighted by atomic mass is 19.2. The third-order valence-electron chi connectivity index (χ3n) is 3.23. The van der Waals surface area contributed by atoms with Crippen LogP contribution in [0.15, 0.2) is 48.7 Å². The van der Waals surface area contributed by atoms with Crippen LogP contribution in [0.3, 0.4) is 0 Å². The number of benzene rings is 2. The van der Waals surface area contributed by atoms with Gasteiger partial charge in [0.25, 0.3) is 0 Å². The Labute approximate surface area is 124 Å². The van der Waals surface area contributed by atoms with Crippen LogP contribution in [0.4, 0.5) is 20.3 Å². The van der Waals surface area contributed by atoms with Gasteiger partial charge in [-0.25, -0.2) is 18.6 Å². The van der Waals surface area contributed by atoms with E-state index in [-0.39, 0.29) is 17.1 Å². The number of nitrogens with one attached hydrogen (secondary N) is 1. The van der Waals surface area contributed by atoms with Gasteiger partial charge in [-0.2, -0.15) is 0 Å². The van der Waals surface area contributed by atoms with E-state index in [1.54, 1.807) is 24.3 Å². The number of carboxylic acids is 1. The number of halogens is 2. The molecule has 4 nitrogen and oxygen atoms in total. The molecule has 0 aliphatic carbocycles. The number of aromatic carboxylic acids is 1. The fourth-order valence-corrected chi connectivity index (χ4v) is 2.19. The van der Waals surface area contributed by atoms with Crippen LogP contribution in [-0.4, -0.2) is 16.1 Å². The molecule has 0 unspecified atom stereocenters. The van der Waals surface area contributed by atoms with Gasteiger partial charge in [-0.05, 0) is 12.1 Å². The molecule has 22 heavy (non-hydrogen) atoms. The fraction of sp³-hybridized carbons (Fsp3) is 0. The second-order valence-electron chi connectivity index (χ2n) is 4.60. The van der Waals surface area contributed by atoms with Crippen LogP contribution in [0.25, 0.3) is 10.8 Å². The van der Waals surface area contributed by atoms with E-state index < -0.39 is 17.6 Å². The first-order valence-corrected chi connectivity index (χ1v) is 6.40. The summed E-state index contributed by atoms with van der Waals surface area (Å²) >= 11 is 0. The Morgan fingerprint density at radius 3 is 2.50 bits per heavy atom. The lowest BCUT2D eigenvalue weighted by molar-refractivity contribution is 0.0698. The molecule has 0 aliphatic rings. The third-order valence-corrected chi connectivity index (χ3v) is 3.23. The summed E-state index contributed by atoms with van der Waals surface area (Å²) in [6, 6.07) is 10.5. The average Bonchev–Trinajstić information content (AvgIpc) is 2.51. The van der Waals surface area contributed by atoms with Crippen LogP contribution < -0.4 is 5.32 Å². The number of carboxylic acid groups (broad SMARTS) is 1. The van der Waals surface area contributed by atoms with E-state index >= 15 is 0 Å². The summed E-state index contributed by atoms with van der Waals surface area (Å²) in [6.45, 7) is 0. The highest BCUT2D eigenvalue weighted by Gasteiger charge is 2.14. The first-order valence-electron chi connectivity index (χ1n) is 6.40. The molecule has 0 bridgehead atoms. The fourth-order valence-electron chi connectivity index (χ4n) is 2.19. The number of hydrogen-bond acceptors (Lipinski definition) is 3. The lowest BCUT2D eigenvalue weighted by atomic mass is 10.1. The summed E-state index contributed by atoms with van der Waals surface area (Å²) in [5, 5.41) is 12.8. The number of anilines is 2. The molecule has 0 radical (unpaired) electrons. The molecule has 2 N–H and O–H groups in total. The molecular weight excluding hydrogens is 290 g/mol. The van der Waals surface area contributed by atoms with Crippen LogP contribution in [0.5, 0.6) is 0 Å². The van der Waals surface area contributed by atoms with Crippen molar-refractivity contribution in [1.29, 1.82) is 0 Å². The van der Waals surface area contributed by atoms with Crippen molar-refractivity contribution in [2.45, 2.75) is 0 Å². The van der Waals surface area contributed by atoms with E-state index in [9.17, 15) is 18.7 Å². The molecule has 0 fully saturated rings. The third kappa shape index (κ3) is 2.35. The zero-order valence-electron chi connectivity index (χ0n) is 11.2. The van der Waals surface area contributed by atoms with Gasteiger partial charge in [-0.15, -0.1) is 0 Å². The molecule has 1 aromatic heterocycles. The number of hydrogen-bond donors (Lipinski definition) is 2. The van der Waals surface area contributed by atoms with E-state index in [1.165, 1.54) is 18.3 Å². The van der Waals surface area contributed by atoms with Crippen molar-refractivity contribution in [3.05, 3.63) is 65.9 Å². The van der Waals surface area contributed by atoms with Gasteiger partial charge in [0.15, 0.2) is 11.6 Å². The maximum atomic E-state index is 13.7. The molecule has 6 heteroatoms. The first-order chi connectivity index (χ1) is 10.6. The molecule has 3 rings (SSSR count). The van der Waals surface area contributed by atoms with E-state index in [4.69, 9.17) is 0 Å². The summed E-state index contributed by atoms with van der Waals surface area (Å²) in [6.07, 6.45) is 1.18. The zero-order valence-corrected chi connectivity index (χ0v) is 11.2. The van der Waals surface area contributed by atoms with Crippen molar-refractivity contribution in [3.63, 3.8) is 0 Å². The molecule has 0 spiro atoms. The maximum Gasteiger partial charge on any atom is 0.337 e. The number of carbonyl (C=O) groups is 1. The standard InChI is InChI=1S/C16H10F2N2O2/c17-12-6-3-7-13(14(12)18)20-15-10-5-2-1-4-9(10)11(8-19-15)16(21)22/h1-8H,(H,19,20)(H,21,22). The minimum absolute atomic E-state index is 0.0425. The maximum absolute atomic E-state index is 13.7. The largest absolute Gasteiger partial charge is 0.478 e. The van der Waals surface area contributed by atoms with Gasteiger partial charge in [0.1, 0.15) is 5.82 Å². The molecule has 2 aromatic carbocycles. The molecule has 1 heterocycles. The molecule has 110 valence electrons. The van der Waals surface area contributed by atoms with Gasteiger partial charge in [-0.3, -0.25) is 0 Å². The molecule has 0 aliphatic heterocycles. The van der Waals surface area contributed by atoms with Gasteiger partial charge in [-0.1, -0.05) is 30.3 Å². The van der Waals surface area contributed by atoms with E-state index in [2.05, 4.69) is 10.3 Å². The molecule has 0 amide bonds. The second-order valence-corrected chi connectivity index (χ2v) is 4.60. The van der Waals surface area contributed by atoms with Crippen molar-refractivity contribution in [2.24, 2.45) is 0 Å². The number of aromatic nitrogens is 1. The minimum atomic E-state index is -1.10. The second kappa shape index (κ2) is 5.40. The number of rotatable bonds is 3. The predicted molar refractivity (Wildman–Crippen MR) is 78.3 cm³/mol. The van der Waals surface area contributed by atoms with Crippen LogP contribution in [0.1, 0.15) is 10.4 Å². The Balaban J connectivity index is 2.14. The summed E-state index contributed by atoms with van der Waals surface area (Å²) < 4.78 is 27.0. The zero-order chi connectivity index (χ0) is 15.7. The van der Waals surface area contributed by atoms with Crippen LogP contribution in [0, 0.1) is 11.6 Å². The predicted octanol–water partition coefficient (Wildman–Crippen LogP) is 3.95. The summed E-state index contributed by atoms with van der Waals surface area (Å²) in [7, 11) is 0. The number of pyridine rings is 1. The number of fused-ring (bicyclic) bond motifs is 1. The Morgan fingerprint density at radius 2 is 1.77 bits per heavy atom. The van der Waals surface area contributed by atoms with Crippen LogP contribution in [0.2, 0.25) is 0 Å². The smallest absolute Gasteiger partial charge is 0.337 e. The Morgan fingerprint density at radius 1 is 1.05 bits per heavy atom. The molecule has 0 atom stereocenters. The first kappa shape index (κ1) is 13.9. The van der Waals surface area contributed by atoms with Crippen molar-refractivity contribution in [3.8, 4) is 0 Å². The Hall–Kier alpha value is -3.02. The van der Waals surface area contributed by atoms with E-state index in [0.29, 0.717) is 10.8 Å². The van der Waals surface area contributed by atoms with Gasteiger partial charge in [0, 0.05) is 17.0 Å².